The van der Waals surface area contributed by atoms with Crippen molar-refractivity contribution in [2.24, 2.45) is 0 Å². The van der Waals surface area contributed by atoms with Crippen molar-refractivity contribution >= 4 is 54.8 Å². The van der Waals surface area contributed by atoms with Gasteiger partial charge in [0.25, 0.3) is 0 Å². The van der Waals surface area contributed by atoms with Crippen LogP contribution < -0.4 is 4.74 Å². The van der Waals surface area contributed by atoms with E-state index in [0.717, 1.165) is 71.7 Å². The summed E-state index contributed by atoms with van der Waals surface area (Å²) in [5.41, 5.74) is 6.62. The molecule has 5 aromatic heterocycles. The summed E-state index contributed by atoms with van der Waals surface area (Å²) in [7, 11) is 0. The molecule has 0 bridgehead atoms. The summed E-state index contributed by atoms with van der Waals surface area (Å²) in [6.45, 7) is 2.01. The Morgan fingerprint density at radius 2 is 1.35 bits per heavy atom. The molecule has 0 unspecified atom stereocenters. The number of aromatic nitrogens is 5. The molecule has 9 rings (SSSR count). The molecular formula is C36H21N5OPt. The number of para-hydroxylation sites is 1. The predicted octanol–water partition coefficient (Wildman–Crippen LogP) is 8.36. The molecule has 0 radical (unpaired) electrons. The van der Waals surface area contributed by atoms with Gasteiger partial charge in [-0.25, -0.2) is 4.98 Å². The second-order valence-corrected chi connectivity index (χ2v) is 10.5. The van der Waals surface area contributed by atoms with E-state index in [9.17, 15) is 0 Å². The Hall–Kier alpha value is -5.06. The van der Waals surface area contributed by atoms with E-state index < -0.39 is 0 Å². The Morgan fingerprint density at radius 1 is 0.651 bits per heavy atom. The van der Waals surface area contributed by atoms with Crippen LogP contribution in [-0.2, 0) is 21.1 Å². The standard InChI is InChI=1S/C36H21N5O.Pt/c1-22-21-40-32-12-6-5-10-28(32)26-15-13-25(19-31(26)36(40)39-22)42-24-14-16-27-29-11-7-17-37-34(29)41-33(23-8-3-2-4-9-23)20-38-35(41)30(27)18-24;/h2-17,20-21H,1H3;/q-2;+2. The molecule has 0 N–H and O–H groups in total. The zero-order chi connectivity index (χ0) is 27.8. The van der Waals surface area contributed by atoms with Gasteiger partial charge in [-0.2, -0.15) is 0 Å². The summed E-state index contributed by atoms with van der Waals surface area (Å²) >= 11 is 0. The molecule has 0 aliphatic carbocycles. The van der Waals surface area contributed by atoms with Crippen molar-refractivity contribution in [2.75, 3.05) is 0 Å². The van der Waals surface area contributed by atoms with Gasteiger partial charge in [-0.05, 0) is 35.4 Å². The molecule has 6 nitrogen and oxygen atoms in total. The van der Waals surface area contributed by atoms with Crippen LogP contribution in [0.2, 0.25) is 0 Å². The van der Waals surface area contributed by atoms with Gasteiger partial charge >= 0.3 is 21.1 Å². The Bertz CT molecular complexity index is 2520. The third-order valence-corrected chi connectivity index (χ3v) is 7.91. The van der Waals surface area contributed by atoms with Gasteiger partial charge in [-0.15, -0.1) is 12.1 Å². The molecule has 0 saturated carbocycles. The number of hydrogen-bond acceptors (Lipinski definition) is 4. The molecule has 206 valence electrons. The van der Waals surface area contributed by atoms with E-state index >= 15 is 0 Å². The summed E-state index contributed by atoms with van der Waals surface area (Å²) in [4.78, 5) is 14.4. The fourth-order valence-corrected chi connectivity index (χ4v) is 6.10. The number of pyridine rings is 3. The molecule has 0 fully saturated rings. The third-order valence-electron chi connectivity index (χ3n) is 7.91. The van der Waals surface area contributed by atoms with Crippen LogP contribution >= 0.6 is 0 Å². The minimum absolute atomic E-state index is 0. The van der Waals surface area contributed by atoms with Crippen molar-refractivity contribution in [3.8, 4) is 22.8 Å². The maximum Gasteiger partial charge on any atom is 2.00 e. The van der Waals surface area contributed by atoms with E-state index in [1.54, 1.807) is 0 Å². The Kier molecular flexibility index (Phi) is 5.81. The first-order valence-corrected chi connectivity index (χ1v) is 13.8. The summed E-state index contributed by atoms with van der Waals surface area (Å²) in [6.07, 6.45) is 5.79. The minimum atomic E-state index is 0. The number of ether oxygens (including phenoxy) is 1. The zero-order valence-corrected chi connectivity index (χ0v) is 25.1. The number of fused-ring (bicyclic) bond motifs is 12. The van der Waals surface area contributed by atoms with E-state index in [1.807, 2.05) is 55.7 Å². The van der Waals surface area contributed by atoms with E-state index in [0.29, 0.717) is 11.5 Å². The maximum absolute atomic E-state index is 6.41. The van der Waals surface area contributed by atoms with Crippen LogP contribution in [0.1, 0.15) is 5.69 Å². The van der Waals surface area contributed by atoms with Crippen molar-refractivity contribution in [1.29, 1.82) is 0 Å². The summed E-state index contributed by atoms with van der Waals surface area (Å²) in [5.74, 6) is 1.19. The first-order valence-electron chi connectivity index (χ1n) is 13.8. The van der Waals surface area contributed by atoms with Crippen LogP contribution in [0.4, 0.5) is 0 Å². The Labute approximate surface area is 260 Å². The molecule has 43 heavy (non-hydrogen) atoms. The first-order chi connectivity index (χ1) is 20.7. The number of imidazole rings is 2. The van der Waals surface area contributed by atoms with Crippen molar-refractivity contribution in [3.05, 3.63) is 127 Å². The Balaban J connectivity index is 0.00000278. The second kappa shape index (κ2) is 9.75. The number of rotatable bonds is 3. The van der Waals surface area contributed by atoms with E-state index in [2.05, 4.69) is 81.7 Å². The molecule has 0 saturated heterocycles. The van der Waals surface area contributed by atoms with Crippen LogP contribution in [0.15, 0.2) is 110 Å². The van der Waals surface area contributed by atoms with Gasteiger partial charge in [0.1, 0.15) is 5.65 Å². The molecule has 0 aliphatic rings. The van der Waals surface area contributed by atoms with Crippen LogP contribution in [0, 0.1) is 19.1 Å². The van der Waals surface area contributed by atoms with Crippen molar-refractivity contribution < 1.29 is 25.8 Å². The van der Waals surface area contributed by atoms with Crippen LogP contribution in [-0.4, -0.2) is 23.8 Å². The maximum atomic E-state index is 6.41. The zero-order valence-electron chi connectivity index (χ0n) is 22.9. The fourth-order valence-electron chi connectivity index (χ4n) is 6.10. The van der Waals surface area contributed by atoms with E-state index in [4.69, 9.17) is 19.7 Å². The molecule has 0 aliphatic heterocycles. The number of aryl methyl sites for hydroxylation is 1. The summed E-state index contributed by atoms with van der Waals surface area (Å²) in [5, 5.41) is 6.07. The average Bonchev–Trinajstić information content (AvgIpc) is 3.66. The first kappa shape index (κ1) is 25.6. The molecule has 9 aromatic rings. The monoisotopic (exact) mass is 734 g/mol. The average molecular weight is 735 g/mol. The predicted molar refractivity (Wildman–Crippen MR) is 166 cm³/mol. The molecule has 0 amide bonds. The molecule has 0 atom stereocenters. The van der Waals surface area contributed by atoms with Gasteiger partial charge in [0.15, 0.2) is 0 Å². The molecule has 5 heterocycles. The van der Waals surface area contributed by atoms with Gasteiger partial charge < -0.3 is 13.5 Å². The van der Waals surface area contributed by atoms with Crippen molar-refractivity contribution in [1.82, 2.24) is 23.8 Å². The molecule has 7 heteroatoms. The normalized spacial score (nSPS) is 11.7. The van der Waals surface area contributed by atoms with Gasteiger partial charge in [0.2, 0.25) is 0 Å². The number of nitrogens with zero attached hydrogens (tertiary/aromatic N) is 5. The molecule has 4 aromatic carbocycles. The molecule has 0 spiro atoms. The van der Waals surface area contributed by atoms with Crippen LogP contribution in [0.3, 0.4) is 0 Å². The second-order valence-electron chi connectivity index (χ2n) is 10.5. The van der Waals surface area contributed by atoms with E-state index in [-0.39, 0.29) is 21.1 Å². The van der Waals surface area contributed by atoms with Crippen molar-refractivity contribution in [2.45, 2.75) is 6.92 Å². The summed E-state index contributed by atoms with van der Waals surface area (Å²) in [6, 6.07) is 37.8. The van der Waals surface area contributed by atoms with Gasteiger partial charge in [-0.3, -0.25) is 9.97 Å². The van der Waals surface area contributed by atoms with Crippen molar-refractivity contribution in [3.63, 3.8) is 0 Å². The minimum Gasteiger partial charge on any atom is -0.497 e. The third kappa shape index (κ3) is 3.87. The quantitative estimate of drug-likeness (QED) is 0.135. The smallest absolute Gasteiger partial charge is 0.497 e. The number of benzene rings is 4. The molecular weight excluding hydrogens is 714 g/mol. The van der Waals surface area contributed by atoms with Gasteiger partial charge in [-0.1, -0.05) is 100 Å². The Morgan fingerprint density at radius 3 is 2.16 bits per heavy atom. The number of hydrogen-bond donors (Lipinski definition) is 0. The largest absolute Gasteiger partial charge is 2.00 e. The van der Waals surface area contributed by atoms with Gasteiger partial charge in [0, 0.05) is 41.3 Å². The summed E-state index contributed by atoms with van der Waals surface area (Å²) < 4.78 is 10.7. The van der Waals surface area contributed by atoms with Gasteiger partial charge in [0.05, 0.1) is 17.0 Å². The topological polar surface area (TPSA) is 56.7 Å². The van der Waals surface area contributed by atoms with Crippen LogP contribution in [0.5, 0.6) is 11.5 Å². The van der Waals surface area contributed by atoms with E-state index in [1.165, 1.54) is 0 Å². The SMILES string of the molecule is Cc1cn2c3ccccc3c3ccc(Oc4[c-]c5c(cc4)c4cccnc4n4c(-c6ccccc6)cnc54)[c-]c3c2n1.[Pt+2]. The van der Waals surface area contributed by atoms with Crippen LogP contribution in [0.25, 0.3) is 66.0 Å². The fraction of sp³-hybridized carbons (Fsp3) is 0.0278.